The van der Waals surface area contributed by atoms with Crippen LogP contribution >= 0.6 is 0 Å². The first kappa shape index (κ1) is 21.4. The topological polar surface area (TPSA) is 95.6 Å². The van der Waals surface area contributed by atoms with Gasteiger partial charge < -0.3 is 14.8 Å². The van der Waals surface area contributed by atoms with Gasteiger partial charge in [0.1, 0.15) is 5.56 Å². The molecule has 9 nitrogen and oxygen atoms in total. The Balaban J connectivity index is 1.50. The van der Waals surface area contributed by atoms with Crippen LogP contribution in [-0.2, 0) is 13.0 Å². The number of methoxy groups -OCH3 is 2. The van der Waals surface area contributed by atoms with Gasteiger partial charge in [0, 0.05) is 31.0 Å². The van der Waals surface area contributed by atoms with Gasteiger partial charge in [0.2, 0.25) is 0 Å². The number of benzene rings is 1. The molecule has 1 aromatic carbocycles. The van der Waals surface area contributed by atoms with Crippen molar-refractivity contribution in [3.05, 3.63) is 59.7 Å². The first-order valence-electron chi connectivity index (χ1n) is 10.4. The van der Waals surface area contributed by atoms with Crippen molar-refractivity contribution in [1.29, 1.82) is 0 Å². The standard InChI is InChI=1S/C23H26N6O3/c1-5-28-14-18(15(2)27-28)19-9-11-24-22-17(13-26-29(19)22)23(30)25-10-8-16-6-7-20(31-3)21(12-16)32-4/h6-7,9,11-14H,5,8,10H2,1-4H3,(H,25,30). The normalized spacial score (nSPS) is 11.0. The van der Waals surface area contributed by atoms with Crippen LogP contribution in [0.25, 0.3) is 16.9 Å². The van der Waals surface area contributed by atoms with Crippen molar-refractivity contribution in [1.82, 2.24) is 29.7 Å². The van der Waals surface area contributed by atoms with Crippen LogP contribution in [0.1, 0.15) is 28.5 Å². The highest BCUT2D eigenvalue weighted by Gasteiger charge is 2.18. The van der Waals surface area contributed by atoms with Crippen LogP contribution in [0.5, 0.6) is 11.5 Å². The smallest absolute Gasteiger partial charge is 0.256 e. The molecule has 1 N–H and O–H groups in total. The summed E-state index contributed by atoms with van der Waals surface area (Å²) in [5.41, 5.74) is 4.68. The Morgan fingerprint density at radius 2 is 1.97 bits per heavy atom. The highest BCUT2D eigenvalue weighted by Crippen LogP contribution is 2.27. The van der Waals surface area contributed by atoms with Gasteiger partial charge in [-0.1, -0.05) is 6.07 Å². The lowest BCUT2D eigenvalue weighted by molar-refractivity contribution is 0.0955. The first-order valence-corrected chi connectivity index (χ1v) is 10.4. The van der Waals surface area contributed by atoms with Crippen molar-refractivity contribution in [2.45, 2.75) is 26.8 Å². The number of carbonyl (C=O) groups excluding carboxylic acids is 1. The highest BCUT2D eigenvalue weighted by atomic mass is 16.5. The van der Waals surface area contributed by atoms with Crippen LogP contribution in [-0.4, -0.2) is 51.1 Å². The molecule has 166 valence electrons. The molecule has 32 heavy (non-hydrogen) atoms. The van der Waals surface area contributed by atoms with Gasteiger partial charge in [-0.2, -0.15) is 10.2 Å². The molecule has 0 unspecified atom stereocenters. The molecule has 0 saturated carbocycles. The Hall–Kier alpha value is -3.88. The predicted octanol–water partition coefficient (Wildman–Crippen LogP) is 2.91. The van der Waals surface area contributed by atoms with Gasteiger partial charge in [0.25, 0.3) is 5.91 Å². The van der Waals surface area contributed by atoms with Gasteiger partial charge in [0.15, 0.2) is 17.1 Å². The van der Waals surface area contributed by atoms with Crippen molar-refractivity contribution in [2.24, 2.45) is 0 Å². The zero-order valence-electron chi connectivity index (χ0n) is 18.6. The molecule has 3 heterocycles. The van der Waals surface area contributed by atoms with E-state index in [4.69, 9.17) is 9.47 Å². The maximum absolute atomic E-state index is 12.8. The minimum absolute atomic E-state index is 0.217. The predicted molar refractivity (Wildman–Crippen MR) is 120 cm³/mol. The van der Waals surface area contributed by atoms with Crippen LogP contribution in [0.4, 0.5) is 0 Å². The summed E-state index contributed by atoms with van der Waals surface area (Å²) in [6.07, 6.45) is 5.88. The Bertz CT molecular complexity index is 1260. The number of carbonyl (C=O) groups is 1. The van der Waals surface area contributed by atoms with E-state index in [1.165, 1.54) is 0 Å². The van der Waals surface area contributed by atoms with Gasteiger partial charge in [0.05, 0.1) is 31.8 Å². The molecule has 0 atom stereocenters. The first-order chi connectivity index (χ1) is 15.5. The number of hydrogen-bond acceptors (Lipinski definition) is 6. The molecular weight excluding hydrogens is 408 g/mol. The number of nitrogens with one attached hydrogen (secondary N) is 1. The fourth-order valence-corrected chi connectivity index (χ4v) is 3.64. The third-order valence-electron chi connectivity index (χ3n) is 5.34. The van der Waals surface area contributed by atoms with E-state index in [1.807, 2.05) is 49.0 Å². The highest BCUT2D eigenvalue weighted by molar-refractivity contribution is 5.99. The third-order valence-corrected chi connectivity index (χ3v) is 5.34. The van der Waals surface area contributed by atoms with Crippen LogP contribution in [0, 0.1) is 6.92 Å². The van der Waals surface area contributed by atoms with E-state index in [0.717, 1.165) is 29.1 Å². The van der Waals surface area contributed by atoms with Crippen molar-refractivity contribution in [2.75, 3.05) is 20.8 Å². The average molecular weight is 435 g/mol. The molecule has 0 bridgehead atoms. The quantitative estimate of drug-likeness (QED) is 0.458. The number of amides is 1. The van der Waals surface area contributed by atoms with E-state index in [9.17, 15) is 4.79 Å². The Kier molecular flexibility index (Phi) is 6.07. The number of rotatable bonds is 8. The minimum Gasteiger partial charge on any atom is -0.493 e. The summed E-state index contributed by atoms with van der Waals surface area (Å²) < 4.78 is 14.2. The lowest BCUT2D eigenvalue weighted by atomic mass is 10.1. The Labute approximate surface area is 186 Å². The zero-order chi connectivity index (χ0) is 22.7. The van der Waals surface area contributed by atoms with Gasteiger partial charge in [-0.3, -0.25) is 9.48 Å². The van der Waals surface area contributed by atoms with Crippen LogP contribution in [0.3, 0.4) is 0 Å². The summed E-state index contributed by atoms with van der Waals surface area (Å²) in [4.78, 5) is 17.2. The Morgan fingerprint density at radius 3 is 2.69 bits per heavy atom. The lowest BCUT2D eigenvalue weighted by Crippen LogP contribution is -2.25. The second kappa shape index (κ2) is 9.09. The molecule has 0 aliphatic rings. The number of fused-ring (bicyclic) bond motifs is 1. The van der Waals surface area contributed by atoms with Crippen molar-refractivity contribution >= 4 is 11.6 Å². The monoisotopic (exact) mass is 434 g/mol. The molecule has 0 saturated heterocycles. The fraction of sp³-hybridized carbons (Fsp3) is 0.304. The summed E-state index contributed by atoms with van der Waals surface area (Å²) in [5.74, 6) is 1.12. The number of aryl methyl sites for hydroxylation is 2. The number of ether oxygens (including phenoxy) is 2. The SMILES string of the molecule is CCn1cc(-c2ccnc3c(C(=O)NCCc4ccc(OC)c(OC)c4)cnn23)c(C)n1. The number of hydrogen-bond donors (Lipinski definition) is 1. The van der Waals surface area contributed by atoms with Crippen molar-refractivity contribution in [3.8, 4) is 22.8 Å². The summed E-state index contributed by atoms with van der Waals surface area (Å²) in [6, 6.07) is 7.60. The molecule has 0 radical (unpaired) electrons. The van der Waals surface area contributed by atoms with E-state index in [1.54, 1.807) is 31.1 Å². The second-order valence-corrected chi connectivity index (χ2v) is 7.30. The van der Waals surface area contributed by atoms with Gasteiger partial charge >= 0.3 is 0 Å². The summed E-state index contributed by atoms with van der Waals surface area (Å²) >= 11 is 0. The van der Waals surface area contributed by atoms with Gasteiger partial charge in [-0.15, -0.1) is 0 Å². The van der Waals surface area contributed by atoms with Gasteiger partial charge in [-0.25, -0.2) is 9.50 Å². The maximum atomic E-state index is 12.8. The fourth-order valence-electron chi connectivity index (χ4n) is 3.64. The molecule has 4 aromatic rings. The summed E-state index contributed by atoms with van der Waals surface area (Å²) in [7, 11) is 3.20. The Morgan fingerprint density at radius 1 is 1.16 bits per heavy atom. The average Bonchev–Trinajstić information content (AvgIpc) is 3.42. The van der Waals surface area contributed by atoms with Crippen LogP contribution in [0.15, 0.2) is 42.9 Å². The minimum atomic E-state index is -0.217. The number of aromatic nitrogens is 5. The molecule has 4 rings (SSSR count). The summed E-state index contributed by atoms with van der Waals surface area (Å²) in [6.45, 7) is 5.24. The van der Waals surface area contributed by atoms with E-state index in [0.29, 0.717) is 35.7 Å². The molecule has 1 amide bonds. The van der Waals surface area contributed by atoms with E-state index < -0.39 is 0 Å². The molecule has 3 aromatic heterocycles. The van der Waals surface area contributed by atoms with Crippen LogP contribution < -0.4 is 14.8 Å². The van der Waals surface area contributed by atoms with E-state index in [-0.39, 0.29) is 5.91 Å². The third kappa shape index (κ3) is 4.01. The zero-order valence-corrected chi connectivity index (χ0v) is 18.6. The largest absolute Gasteiger partial charge is 0.493 e. The number of nitrogens with zero attached hydrogens (tertiary/aromatic N) is 5. The second-order valence-electron chi connectivity index (χ2n) is 7.30. The molecule has 9 heteroatoms. The van der Waals surface area contributed by atoms with Gasteiger partial charge in [-0.05, 0) is 44.0 Å². The van der Waals surface area contributed by atoms with E-state index in [2.05, 4.69) is 20.5 Å². The maximum Gasteiger partial charge on any atom is 0.256 e. The van der Waals surface area contributed by atoms with Crippen molar-refractivity contribution in [3.63, 3.8) is 0 Å². The molecular formula is C23H26N6O3. The molecule has 0 aliphatic heterocycles. The lowest BCUT2D eigenvalue weighted by Gasteiger charge is -2.10. The van der Waals surface area contributed by atoms with Crippen molar-refractivity contribution < 1.29 is 14.3 Å². The molecule has 0 fully saturated rings. The van der Waals surface area contributed by atoms with E-state index >= 15 is 0 Å². The molecule has 0 aliphatic carbocycles. The van der Waals surface area contributed by atoms with Crippen LogP contribution in [0.2, 0.25) is 0 Å². The molecule has 0 spiro atoms. The summed E-state index contributed by atoms with van der Waals surface area (Å²) in [5, 5.41) is 11.9.